The molecule has 3 N–H and O–H groups in total. The van der Waals surface area contributed by atoms with E-state index in [1.807, 2.05) is 0 Å². The van der Waals surface area contributed by atoms with Gasteiger partial charge in [0.1, 0.15) is 5.69 Å². The third-order valence-corrected chi connectivity index (χ3v) is 4.30. The van der Waals surface area contributed by atoms with Gasteiger partial charge in [-0.1, -0.05) is 27.7 Å². The molecule has 10 heteroatoms. The Bertz CT molecular complexity index is 489. The van der Waals surface area contributed by atoms with E-state index in [9.17, 15) is 9.59 Å². The molecule has 1 rings (SSSR count). The first-order valence-corrected chi connectivity index (χ1v) is 9.11. The van der Waals surface area contributed by atoms with Crippen molar-refractivity contribution in [2.75, 3.05) is 52.4 Å². The Morgan fingerprint density at radius 2 is 1.33 bits per heavy atom. The predicted octanol–water partition coefficient (Wildman–Crippen LogP) is 1.40. The molecule has 0 saturated carbocycles. The van der Waals surface area contributed by atoms with Crippen molar-refractivity contribution in [3.8, 4) is 0 Å². The molecule has 0 aliphatic carbocycles. The average molecular weight is 425 g/mol. The van der Waals surface area contributed by atoms with E-state index < -0.39 is 0 Å². The van der Waals surface area contributed by atoms with Crippen molar-refractivity contribution in [2.24, 2.45) is 0 Å². The molecule has 0 aliphatic rings. The van der Waals surface area contributed by atoms with Crippen LogP contribution in [-0.2, 0) is 0 Å². The van der Waals surface area contributed by atoms with Crippen LogP contribution in [0.1, 0.15) is 48.7 Å². The van der Waals surface area contributed by atoms with Crippen LogP contribution in [0.3, 0.4) is 0 Å². The second kappa shape index (κ2) is 15.7. The minimum absolute atomic E-state index is 0. The fraction of sp³-hybridized carbons (Fsp3) is 0.706. The van der Waals surface area contributed by atoms with Crippen molar-refractivity contribution in [2.45, 2.75) is 27.7 Å². The highest BCUT2D eigenvalue weighted by atomic mass is 35.5. The number of nitrogens with one attached hydrogen (secondary N) is 3. The van der Waals surface area contributed by atoms with E-state index in [4.69, 9.17) is 0 Å². The number of carbonyl (C=O) groups is 2. The fourth-order valence-corrected chi connectivity index (χ4v) is 2.55. The summed E-state index contributed by atoms with van der Waals surface area (Å²) >= 11 is 0. The summed E-state index contributed by atoms with van der Waals surface area (Å²) in [6.07, 6.45) is 1.37. The van der Waals surface area contributed by atoms with Crippen LogP contribution in [0, 0.1) is 0 Å². The average Bonchev–Trinajstić information content (AvgIpc) is 3.12. The van der Waals surface area contributed by atoms with Gasteiger partial charge in [0.25, 0.3) is 11.8 Å². The maximum atomic E-state index is 12.3. The summed E-state index contributed by atoms with van der Waals surface area (Å²) in [6, 6.07) is 0. The monoisotopic (exact) mass is 424 g/mol. The topological polar surface area (TPSA) is 93.4 Å². The van der Waals surface area contributed by atoms with E-state index in [1.54, 1.807) is 0 Å². The van der Waals surface area contributed by atoms with Crippen LogP contribution in [0.15, 0.2) is 6.33 Å². The van der Waals surface area contributed by atoms with Crippen molar-refractivity contribution < 1.29 is 9.59 Å². The lowest BCUT2D eigenvalue weighted by atomic mass is 10.3. The van der Waals surface area contributed by atoms with Gasteiger partial charge in [-0.3, -0.25) is 9.59 Å². The number of hydrogen-bond acceptors (Lipinski definition) is 5. The van der Waals surface area contributed by atoms with E-state index in [1.165, 1.54) is 6.33 Å². The van der Waals surface area contributed by atoms with Crippen molar-refractivity contribution >= 4 is 36.6 Å². The largest absolute Gasteiger partial charge is 0.349 e. The van der Waals surface area contributed by atoms with Gasteiger partial charge in [0, 0.05) is 26.2 Å². The standard InChI is InChI=1S/C17H32N6O2.2ClH/c1-5-22(6-2)11-9-18-16(24)14-15(21-13-20-14)17(25)19-10-12-23(7-3)8-4;;/h13H,5-12H2,1-4H3,(H,18,24)(H,19,25)(H,20,21);2*1H. The van der Waals surface area contributed by atoms with Crippen molar-refractivity contribution in [3.63, 3.8) is 0 Å². The Hall–Kier alpha value is -1.35. The van der Waals surface area contributed by atoms with Crippen LogP contribution in [-0.4, -0.2) is 83.9 Å². The van der Waals surface area contributed by atoms with Gasteiger partial charge in [-0.25, -0.2) is 4.98 Å². The van der Waals surface area contributed by atoms with Gasteiger partial charge < -0.3 is 25.4 Å². The number of aromatic nitrogens is 2. The number of hydrogen-bond donors (Lipinski definition) is 3. The summed E-state index contributed by atoms with van der Waals surface area (Å²) in [5.74, 6) is -0.638. The van der Waals surface area contributed by atoms with Crippen LogP contribution in [0.25, 0.3) is 0 Å². The highest BCUT2D eigenvalue weighted by Gasteiger charge is 2.20. The van der Waals surface area contributed by atoms with Crippen LogP contribution in [0.5, 0.6) is 0 Å². The Morgan fingerprint density at radius 1 is 0.889 bits per heavy atom. The third-order valence-electron chi connectivity index (χ3n) is 4.30. The summed E-state index contributed by atoms with van der Waals surface area (Å²) in [7, 11) is 0. The molecule has 8 nitrogen and oxygen atoms in total. The number of amides is 2. The van der Waals surface area contributed by atoms with Crippen molar-refractivity contribution in [1.82, 2.24) is 30.4 Å². The first kappa shape index (κ1) is 27.9. The lowest BCUT2D eigenvalue weighted by Crippen LogP contribution is -2.37. The van der Waals surface area contributed by atoms with Gasteiger partial charge in [-0.15, -0.1) is 24.8 Å². The van der Waals surface area contributed by atoms with E-state index >= 15 is 0 Å². The minimum Gasteiger partial charge on any atom is -0.349 e. The van der Waals surface area contributed by atoms with Gasteiger partial charge >= 0.3 is 0 Å². The van der Waals surface area contributed by atoms with Gasteiger partial charge in [-0.2, -0.15) is 0 Å². The molecule has 0 aromatic carbocycles. The zero-order valence-corrected chi connectivity index (χ0v) is 18.3. The predicted molar refractivity (Wildman–Crippen MR) is 113 cm³/mol. The second-order valence-electron chi connectivity index (χ2n) is 5.69. The summed E-state index contributed by atoms with van der Waals surface area (Å²) in [5.41, 5.74) is 0.347. The molecule has 1 aromatic heterocycles. The van der Waals surface area contributed by atoms with Crippen LogP contribution in [0.4, 0.5) is 0 Å². The molecule has 2 amide bonds. The molecule has 0 saturated heterocycles. The molecule has 0 radical (unpaired) electrons. The molecule has 27 heavy (non-hydrogen) atoms. The maximum Gasteiger partial charge on any atom is 0.272 e. The van der Waals surface area contributed by atoms with Crippen LogP contribution < -0.4 is 10.6 Å². The molecule has 1 heterocycles. The number of aromatic amines is 1. The first-order valence-electron chi connectivity index (χ1n) is 9.11. The first-order chi connectivity index (χ1) is 12.1. The molecule has 0 fully saturated rings. The normalized spacial score (nSPS) is 10.3. The highest BCUT2D eigenvalue weighted by Crippen LogP contribution is 2.02. The summed E-state index contributed by atoms with van der Waals surface area (Å²) in [4.78, 5) is 35.7. The van der Waals surface area contributed by atoms with Gasteiger partial charge in [-0.05, 0) is 26.2 Å². The van der Waals surface area contributed by atoms with E-state index in [0.717, 1.165) is 39.3 Å². The Balaban J connectivity index is 0. The van der Waals surface area contributed by atoms with Crippen molar-refractivity contribution in [1.29, 1.82) is 0 Å². The SMILES string of the molecule is CCN(CC)CCNC(=O)c1nc[nH]c1C(=O)NCCN(CC)CC.Cl.Cl. The highest BCUT2D eigenvalue weighted by molar-refractivity contribution is 6.04. The lowest BCUT2D eigenvalue weighted by Gasteiger charge is -2.18. The number of likely N-dealkylation sites (N-methyl/N-ethyl adjacent to an activating group) is 2. The molecule has 0 spiro atoms. The van der Waals surface area contributed by atoms with Gasteiger partial charge in [0.05, 0.1) is 6.33 Å². The number of nitrogens with zero attached hydrogens (tertiary/aromatic N) is 3. The fourth-order valence-electron chi connectivity index (χ4n) is 2.55. The molecule has 0 unspecified atom stereocenters. The zero-order valence-electron chi connectivity index (χ0n) is 16.7. The number of rotatable bonds is 12. The van der Waals surface area contributed by atoms with E-state index in [0.29, 0.717) is 13.1 Å². The summed E-state index contributed by atoms with van der Waals surface area (Å²) in [5, 5.41) is 5.65. The second-order valence-corrected chi connectivity index (χ2v) is 5.69. The Labute approximate surface area is 174 Å². The molecule has 0 aliphatic heterocycles. The Kier molecular flexibility index (Phi) is 16.2. The molecule has 0 atom stereocenters. The van der Waals surface area contributed by atoms with E-state index in [-0.39, 0.29) is 48.0 Å². The zero-order chi connectivity index (χ0) is 18.7. The van der Waals surface area contributed by atoms with Gasteiger partial charge in [0.15, 0.2) is 5.69 Å². The third kappa shape index (κ3) is 9.41. The minimum atomic E-state index is -0.331. The van der Waals surface area contributed by atoms with Crippen molar-refractivity contribution in [3.05, 3.63) is 17.7 Å². The molecule has 0 bridgehead atoms. The van der Waals surface area contributed by atoms with Gasteiger partial charge in [0.2, 0.25) is 0 Å². The Morgan fingerprint density at radius 3 is 1.78 bits per heavy atom. The molecule has 1 aromatic rings. The number of H-pyrrole nitrogens is 1. The van der Waals surface area contributed by atoms with Crippen LogP contribution >= 0.6 is 24.8 Å². The number of halogens is 2. The molecule has 158 valence electrons. The number of imidazole rings is 1. The van der Waals surface area contributed by atoms with Crippen LogP contribution in [0.2, 0.25) is 0 Å². The smallest absolute Gasteiger partial charge is 0.272 e. The quantitative estimate of drug-likeness (QED) is 0.471. The molecular weight excluding hydrogens is 391 g/mol. The van der Waals surface area contributed by atoms with E-state index in [2.05, 4.69) is 58.1 Å². The molecular formula is C17H34Cl2N6O2. The number of carbonyl (C=O) groups excluding carboxylic acids is 2. The summed E-state index contributed by atoms with van der Waals surface area (Å²) in [6.45, 7) is 14.7. The summed E-state index contributed by atoms with van der Waals surface area (Å²) < 4.78 is 0. The maximum absolute atomic E-state index is 12.3. The lowest BCUT2D eigenvalue weighted by molar-refractivity contribution is 0.0909.